The van der Waals surface area contributed by atoms with Crippen molar-refractivity contribution in [2.45, 2.75) is 31.7 Å². The second-order valence-corrected chi connectivity index (χ2v) is 8.67. The van der Waals surface area contributed by atoms with Gasteiger partial charge in [0.15, 0.2) is 11.6 Å². The average Bonchev–Trinajstić information content (AvgIpc) is 3.60. The van der Waals surface area contributed by atoms with Gasteiger partial charge in [-0.25, -0.2) is 4.52 Å². The van der Waals surface area contributed by atoms with E-state index in [0.29, 0.717) is 23.9 Å². The van der Waals surface area contributed by atoms with Gasteiger partial charge in [0.25, 0.3) is 0 Å². The summed E-state index contributed by atoms with van der Waals surface area (Å²) in [6.07, 6.45) is 8.27. The lowest BCUT2D eigenvalue weighted by molar-refractivity contribution is -0.117. The van der Waals surface area contributed by atoms with Gasteiger partial charge >= 0.3 is 0 Å². The molecule has 1 aliphatic heterocycles. The van der Waals surface area contributed by atoms with Gasteiger partial charge in [-0.1, -0.05) is 0 Å². The molecule has 0 radical (unpaired) electrons. The van der Waals surface area contributed by atoms with Gasteiger partial charge < -0.3 is 15.4 Å². The smallest absolute Gasteiger partial charge is 0.228 e. The number of carbonyl (C=O) groups is 1. The molecule has 3 fully saturated rings. The van der Waals surface area contributed by atoms with Crippen LogP contribution in [0.2, 0.25) is 0 Å². The second-order valence-electron chi connectivity index (χ2n) is 8.67. The second kappa shape index (κ2) is 6.06. The Bertz CT molecular complexity index is 1110. The molecular weight excluding hydrogens is 368 g/mol. The molecule has 6 rings (SSSR count). The topological polar surface area (TPSA) is 85.5 Å². The van der Waals surface area contributed by atoms with Crippen molar-refractivity contribution in [3.8, 4) is 17.0 Å². The molecule has 0 aromatic carbocycles. The van der Waals surface area contributed by atoms with E-state index in [2.05, 4.69) is 20.8 Å². The first-order chi connectivity index (χ1) is 14.1. The van der Waals surface area contributed by atoms with Crippen molar-refractivity contribution in [1.29, 1.82) is 0 Å². The highest BCUT2D eigenvalue weighted by Gasteiger charge is 2.55. The van der Waals surface area contributed by atoms with E-state index in [9.17, 15) is 4.79 Å². The summed E-state index contributed by atoms with van der Waals surface area (Å²) >= 11 is 0. The molecule has 1 saturated heterocycles. The molecule has 2 saturated carbocycles. The van der Waals surface area contributed by atoms with E-state index in [1.807, 2.05) is 36.1 Å². The van der Waals surface area contributed by atoms with E-state index >= 15 is 0 Å². The molecule has 1 spiro atoms. The Morgan fingerprint density at radius 1 is 1.38 bits per heavy atom. The van der Waals surface area contributed by atoms with Gasteiger partial charge in [-0.15, -0.1) is 0 Å². The minimum absolute atomic E-state index is 0.0639. The van der Waals surface area contributed by atoms with Crippen molar-refractivity contribution in [3.63, 3.8) is 0 Å². The average molecular weight is 392 g/mol. The number of anilines is 1. The predicted octanol–water partition coefficient (Wildman–Crippen LogP) is 2.21. The molecule has 0 unspecified atom stereocenters. The zero-order chi connectivity index (χ0) is 19.6. The monoisotopic (exact) mass is 392 g/mol. The van der Waals surface area contributed by atoms with Crippen molar-refractivity contribution in [2.75, 3.05) is 18.5 Å². The van der Waals surface area contributed by atoms with Crippen LogP contribution in [0, 0.1) is 11.3 Å². The van der Waals surface area contributed by atoms with Crippen LogP contribution in [0.1, 0.15) is 25.7 Å². The number of nitrogens with one attached hydrogen (secondary N) is 2. The number of rotatable bonds is 6. The third-order valence-corrected chi connectivity index (χ3v) is 6.58. The van der Waals surface area contributed by atoms with Crippen molar-refractivity contribution in [3.05, 3.63) is 30.6 Å². The highest BCUT2D eigenvalue weighted by atomic mass is 16.5. The zero-order valence-corrected chi connectivity index (χ0v) is 16.4. The van der Waals surface area contributed by atoms with Crippen LogP contribution in [-0.2, 0) is 11.8 Å². The number of amides is 1. The Hall–Kier alpha value is -2.87. The van der Waals surface area contributed by atoms with E-state index in [4.69, 9.17) is 4.74 Å². The molecule has 3 aromatic rings. The molecule has 2 aliphatic carbocycles. The maximum atomic E-state index is 12.0. The lowest BCUT2D eigenvalue weighted by Crippen LogP contribution is -2.57. The lowest BCUT2D eigenvalue weighted by Gasteiger charge is -2.38. The van der Waals surface area contributed by atoms with Gasteiger partial charge in [0, 0.05) is 48.8 Å². The SMILES string of the molecule is Cn1ncc(OC[C@H]2NCC23CC3)c1-c1ccn2nc(NC(=O)C3CC3)cc2c1. The van der Waals surface area contributed by atoms with Crippen LogP contribution in [0.4, 0.5) is 5.82 Å². The molecule has 0 bridgehead atoms. The number of nitrogens with zero attached hydrogens (tertiary/aromatic N) is 4. The fourth-order valence-corrected chi connectivity index (χ4v) is 4.26. The van der Waals surface area contributed by atoms with Crippen molar-refractivity contribution < 1.29 is 9.53 Å². The van der Waals surface area contributed by atoms with Crippen molar-refractivity contribution in [1.82, 2.24) is 24.7 Å². The Labute approximate surface area is 168 Å². The molecule has 3 aliphatic rings. The Balaban J connectivity index is 1.24. The minimum Gasteiger partial charge on any atom is -0.488 e. The van der Waals surface area contributed by atoms with Gasteiger partial charge in [-0.2, -0.15) is 10.2 Å². The van der Waals surface area contributed by atoms with E-state index in [-0.39, 0.29) is 11.8 Å². The van der Waals surface area contributed by atoms with Gasteiger partial charge in [0.1, 0.15) is 12.3 Å². The molecule has 1 atom stereocenters. The predicted molar refractivity (Wildman–Crippen MR) is 108 cm³/mol. The standard InChI is InChI=1S/C21H24N6O2/c1-26-19(16(10-23-26)29-11-17-21(5-6-21)12-22-17)14-4-7-27-15(8-14)9-18(25-27)24-20(28)13-2-3-13/h4,7-10,13,17,22H,2-3,5-6,11-12H2,1H3,(H,24,25,28)/t17-/m1/s1. The normalized spacial score (nSPS) is 21.9. The number of fused-ring (bicyclic) bond motifs is 1. The highest BCUT2D eigenvalue weighted by molar-refractivity contribution is 5.93. The summed E-state index contributed by atoms with van der Waals surface area (Å²) in [5.41, 5.74) is 3.37. The minimum atomic E-state index is 0.0639. The molecule has 150 valence electrons. The summed E-state index contributed by atoms with van der Waals surface area (Å²) in [5.74, 6) is 1.60. The summed E-state index contributed by atoms with van der Waals surface area (Å²) in [6.45, 7) is 1.80. The first-order valence-electron chi connectivity index (χ1n) is 10.3. The summed E-state index contributed by atoms with van der Waals surface area (Å²) in [7, 11) is 1.92. The van der Waals surface area contributed by atoms with Gasteiger partial charge in [0.2, 0.25) is 5.91 Å². The number of ether oxygens (including phenoxy) is 1. The number of hydrogen-bond donors (Lipinski definition) is 2. The molecule has 8 heteroatoms. The van der Waals surface area contributed by atoms with E-state index in [1.54, 1.807) is 10.7 Å². The maximum Gasteiger partial charge on any atom is 0.228 e. The molecule has 29 heavy (non-hydrogen) atoms. The third kappa shape index (κ3) is 2.90. The first kappa shape index (κ1) is 17.0. The molecule has 1 amide bonds. The molecule has 4 heterocycles. The van der Waals surface area contributed by atoms with Crippen molar-refractivity contribution in [2.24, 2.45) is 18.4 Å². The molecule has 8 nitrogen and oxygen atoms in total. The van der Waals surface area contributed by atoms with Gasteiger partial charge in [-0.05, 0) is 37.8 Å². The number of carbonyl (C=O) groups excluding carboxylic acids is 1. The lowest BCUT2D eigenvalue weighted by atomic mass is 9.89. The van der Waals surface area contributed by atoms with Crippen LogP contribution in [0.15, 0.2) is 30.6 Å². The first-order valence-corrected chi connectivity index (χ1v) is 10.3. The summed E-state index contributed by atoms with van der Waals surface area (Å²) < 4.78 is 9.79. The maximum absolute atomic E-state index is 12.0. The summed E-state index contributed by atoms with van der Waals surface area (Å²) in [4.78, 5) is 12.0. The highest BCUT2D eigenvalue weighted by Crippen LogP contribution is 2.53. The molecule has 3 aromatic heterocycles. The van der Waals surface area contributed by atoms with Crippen LogP contribution >= 0.6 is 0 Å². The number of pyridine rings is 1. The van der Waals surface area contributed by atoms with Crippen LogP contribution in [-0.4, -0.2) is 44.5 Å². The molecule has 2 N–H and O–H groups in total. The third-order valence-electron chi connectivity index (χ3n) is 6.58. The Morgan fingerprint density at radius 3 is 2.97 bits per heavy atom. The van der Waals surface area contributed by atoms with E-state index in [1.165, 1.54) is 12.8 Å². The largest absolute Gasteiger partial charge is 0.488 e. The molecular formula is C21H24N6O2. The van der Waals surface area contributed by atoms with Gasteiger partial charge in [-0.3, -0.25) is 9.48 Å². The van der Waals surface area contributed by atoms with Crippen LogP contribution < -0.4 is 15.4 Å². The fourth-order valence-electron chi connectivity index (χ4n) is 4.26. The van der Waals surface area contributed by atoms with Crippen molar-refractivity contribution >= 4 is 17.2 Å². The van der Waals surface area contributed by atoms with Crippen LogP contribution in [0.3, 0.4) is 0 Å². The van der Waals surface area contributed by atoms with Crippen LogP contribution in [0.5, 0.6) is 5.75 Å². The zero-order valence-electron chi connectivity index (χ0n) is 16.4. The van der Waals surface area contributed by atoms with E-state index < -0.39 is 0 Å². The van der Waals surface area contributed by atoms with Gasteiger partial charge in [0.05, 0.1) is 11.7 Å². The van der Waals surface area contributed by atoms with E-state index in [0.717, 1.165) is 41.9 Å². The Kier molecular flexibility index (Phi) is 3.56. The number of hydrogen-bond acceptors (Lipinski definition) is 5. The quantitative estimate of drug-likeness (QED) is 0.672. The Morgan fingerprint density at radius 2 is 2.24 bits per heavy atom. The summed E-state index contributed by atoms with van der Waals surface area (Å²) in [6, 6.07) is 6.40. The summed E-state index contributed by atoms with van der Waals surface area (Å²) in [5, 5.41) is 15.3. The number of aromatic nitrogens is 4. The fraction of sp³-hybridized carbons (Fsp3) is 0.476. The van der Waals surface area contributed by atoms with Crippen LogP contribution in [0.25, 0.3) is 16.8 Å². The number of aryl methyl sites for hydroxylation is 1.